The monoisotopic (exact) mass is 323 g/mol. The quantitative estimate of drug-likeness (QED) is 0.705. The van der Waals surface area contributed by atoms with Crippen molar-refractivity contribution in [1.29, 1.82) is 0 Å². The van der Waals surface area contributed by atoms with Crippen molar-refractivity contribution >= 4 is 16.9 Å². The van der Waals surface area contributed by atoms with Crippen molar-refractivity contribution < 1.29 is 14.3 Å². The number of amides is 1. The topological polar surface area (TPSA) is 73.3 Å². The van der Waals surface area contributed by atoms with E-state index in [0.29, 0.717) is 24.2 Å². The third kappa shape index (κ3) is 3.78. The van der Waals surface area contributed by atoms with Crippen molar-refractivity contribution in [3.63, 3.8) is 0 Å². The normalized spacial score (nSPS) is 10.4. The minimum absolute atomic E-state index is 0.166. The molecule has 0 spiro atoms. The Kier molecular flexibility index (Phi) is 4.86. The summed E-state index contributed by atoms with van der Waals surface area (Å²) in [6.45, 7) is 0.787. The number of carbonyl (C=O) groups excluding carboxylic acids is 1. The van der Waals surface area contributed by atoms with Crippen LogP contribution in [0.4, 0.5) is 0 Å². The van der Waals surface area contributed by atoms with Gasteiger partial charge in [-0.15, -0.1) is 0 Å². The van der Waals surface area contributed by atoms with Crippen molar-refractivity contribution in [3.8, 4) is 11.5 Å². The van der Waals surface area contributed by atoms with Crippen LogP contribution in [0.2, 0.25) is 0 Å². The van der Waals surface area contributed by atoms with E-state index in [9.17, 15) is 4.79 Å². The van der Waals surface area contributed by atoms with E-state index in [0.717, 1.165) is 17.0 Å². The van der Waals surface area contributed by atoms with Gasteiger partial charge in [0, 0.05) is 18.0 Å². The summed E-state index contributed by atoms with van der Waals surface area (Å²) in [6.07, 6.45) is 3.23. The summed E-state index contributed by atoms with van der Waals surface area (Å²) in [5.74, 6) is 1.34. The molecule has 2 aromatic carbocycles. The first-order chi connectivity index (χ1) is 11.8. The van der Waals surface area contributed by atoms with Crippen LogP contribution in [-0.2, 0) is 0 Å². The van der Waals surface area contributed by atoms with Crippen LogP contribution in [0, 0.1) is 0 Å². The Balaban J connectivity index is 1.51. The molecule has 3 rings (SSSR count). The average molecular weight is 323 g/mol. The maximum atomic E-state index is 12.2. The molecule has 0 radical (unpaired) electrons. The van der Waals surface area contributed by atoms with Crippen molar-refractivity contribution in [2.24, 2.45) is 0 Å². The summed E-state index contributed by atoms with van der Waals surface area (Å²) in [6, 6.07) is 12.5. The minimum atomic E-state index is -0.166. The molecule has 0 aliphatic heterocycles. The molecule has 0 atom stereocenters. The summed E-state index contributed by atoms with van der Waals surface area (Å²) in [4.78, 5) is 20.5. The lowest BCUT2D eigenvalue weighted by Gasteiger charge is -2.08. The van der Waals surface area contributed by atoms with Crippen molar-refractivity contribution in [2.45, 2.75) is 0 Å². The maximum Gasteiger partial charge on any atom is 0.251 e. The summed E-state index contributed by atoms with van der Waals surface area (Å²) in [5.41, 5.74) is 2.00. The molecular weight excluding hydrogens is 306 g/mol. The first-order valence-corrected chi connectivity index (χ1v) is 7.52. The second kappa shape index (κ2) is 7.41. The molecule has 3 aromatic rings. The van der Waals surface area contributed by atoms with Crippen LogP contribution in [0.1, 0.15) is 10.4 Å². The SMILES string of the molecule is COc1ccc(OCCNC(=O)c2ccc3nccnc3c2)cc1. The standard InChI is InChI=1S/C18H17N3O3/c1-23-14-3-5-15(6-4-14)24-11-10-21-18(22)13-2-7-16-17(12-13)20-9-8-19-16/h2-9,12H,10-11H2,1H3,(H,21,22). The highest BCUT2D eigenvalue weighted by Gasteiger charge is 2.06. The molecule has 122 valence electrons. The fraction of sp³-hybridized carbons (Fsp3) is 0.167. The largest absolute Gasteiger partial charge is 0.497 e. The number of nitrogens with zero attached hydrogens (tertiary/aromatic N) is 2. The van der Waals surface area contributed by atoms with Gasteiger partial charge in [0.1, 0.15) is 18.1 Å². The van der Waals surface area contributed by atoms with Gasteiger partial charge in [-0.25, -0.2) is 0 Å². The number of fused-ring (bicyclic) bond motifs is 1. The second-order valence-corrected chi connectivity index (χ2v) is 5.04. The van der Waals surface area contributed by atoms with Crippen LogP contribution >= 0.6 is 0 Å². The molecule has 0 bridgehead atoms. The Hall–Kier alpha value is -3.15. The molecule has 1 aromatic heterocycles. The molecule has 0 fully saturated rings. The number of ether oxygens (including phenoxy) is 2. The Morgan fingerprint density at radius 2 is 1.71 bits per heavy atom. The van der Waals surface area contributed by atoms with E-state index >= 15 is 0 Å². The zero-order valence-electron chi connectivity index (χ0n) is 13.2. The Labute approximate surface area is 139 Å². The van der Waals surface area contributed by atoms with Gasteiger partial charge in [-0.3, -0.25) is 14.8 Å². The first kappa shape index (κ1) is 15.7. The van der Waals surface area contributed by atoms with Crippen LogP contribution in [0.25, 0.3) is 11.0 Å². The van der Waals surface area contributed by atoms with Gasteiger partial charge in [0.05, 0.1) is 24.7 Å². The van der Waals surface area contributed by atoms with E-state index in [1.807, 2.05) is 24.3 Å². The van der Waals surface area contributed by atoms with E-state index in [4.69, 9.17) is 9.47 Å². The van der Waals surface area contributed by atoms with E-state index in [1.54, 1.807) is 37.7 Å². The van der Waals surface area contributed by atoms with Gasteiger partial charge in [-0.05, 0) is 42.5 Å². The molecular formula is C18H17N3O3. The first-order valence-electron chi connectivity index (χ1n) is 7.52. The molecule has 1 heterocycles. The van der Waals surface area contributed by atoms with Gasteiger partial charge < -0.3 is 14.8 Å². The molecule has 0 aliphatic rings. The summed E-state index contributed by atoms with van der Waals surface area (Å²) in [5, 5.41) is 2.82. The van der Waals surface area contributed by atoms with Crippen LogP contribution in [0.3, 0.4) is 0 Å². The molecule has 0 saturated heterocycles. The van der Waals surface area contributed by atoms with E-state index < -0.39 is 0 Å². The predicted molar refractivity (Wildman–Crippen MR) is 90.4 cm³/mol. The van der Waals surface area contributed by atoms with Gasteiger partial charge in [-0.2, -0.15) is 0 Å². The number of hydrogen-bond acceptors (Lipinski definition) is 5. The lowest BCUT2D eigenvalue weighted by molar-refractivity contribution is 0.0947. The Morgan fingerprint density at radius 1 is 1.00 bits per heavy atom. The number of benzene rings is 2. The summed E-state index contributed by atoms with van der Waals surface area (Å²) >= 11 is 0. The maximum absolute atomic E-state index is 12.2. The van der Waals surface area contributed by atoms with Gasteiger partial charge >= 0.3 is 0 Å². The van der Waals surface area contributed by atoms with Crippen molar-refractivity contribution in [1.82, 2.24) is 15.3 Å². The lowest BCUT2D eigenvalue weighted by atomic mass is 10.2. The van der Waals surface area contributed by atoms with Gasteiger partial charge in [-0.1, -0.05) is 0 Å². The van der Waals surface area contributed by atoms with E-state index in [2.05, 4.69) is 15.3 Å². The smallest absolute Gasteiger partial charge is 0.251 e. The molecule has 0 aliphatic carbocycles. The third-order valence-electron chi connectivity index (χ3n) is 3.45. The number of aromatic nitrogens is 2. The number of rotatable bonds is 6. The van der Waals surface area contributed by atoms with Gasteiger partial charge in [0.2, 0.25) is 0 Å². The van der Waals surface area contributed by atoms with Crippen LogP contribution in [0.15, 0.2) is 54.9 Å². The molecule has 6 heteroatoms. The van der Waals surface area contributed by atoms with E-state index in [1.165, 1.54) is 0 Å². The average Bonchev–Trinajstić information content (AvgIpc) is 2.65. The van der Waals surface area contributed by atoms with Crippen molar-refractivity contribution in [3.05, 3.63) is 60.4 Å². The number of nitrogens with one attached hydrogen (secondary N) is 1. The van der Waals surface area contributed by atoms with E-state index in [-0.39, 0.29) is 5.91 Å². The fourth-order valence-electron chi connectivity index (χ4n) is 2.21. The van der Waals surface area contributed by atoms with Gasteiger partial charge in [0.25, 0.3) is 5.91 Å². The predicted octanol–water partition coefficient (Wildman–Crippen LogP) is 2.45. The molecule has 1 N–H and O–H groups in total. The summed E-state index contributed by atoms with van der Waals surface area (Å²) < 4.78 is 10.7. The highest BCUT2D eigenvalue weighted by atomic mass is 16.5. The number of methoxy groups -OCH3 is 1. The molecule has 24 heavy (non-hydrogen) atoms. The number of hydrogen-bond donors (Lipinski definition) is 1. The van der Waals surface area contributed by atoms with Gasteiger partial charge in [0.15, 0.2) is 0 Å². The lowest BCUT2D eigenvalue weighted by Crippen LogP contribution is -2.28. The summed E-state index contributed by atoms with van der Waals surface area (Å²) in [7, 11) is 1.61. The second-order valence-electron chi connectivity index (χ2n) is 5.04. The zero-order chi connectivity index (χ0) is 16.8. The number of carbonyl (C=O) groups is 1. The van der Waals surface area contributed by atoms with Crippen LogP contribution < -0.4 is 14.8 Å². The zero-order valence-corrected chi connectivity index (χ0v) is 13.2. The molecule has 1 amide bonds. The Bertz CT molecular complexity index is 834. The Morgan fingerprint density at radius 3 is 2.46 bits per heavy atom. The molecule has 0 unspecified atom stereocenters. The minimum Gasteiger partial charge on any atom is -0.497 e. The molecule has 0 saturated carbocycles. The third-order valence-corrected chi connectivity index (χ3v) is 3.45. The highest BCUT2D eigenvalue weighted by Crippen LogP contribution is 2.16. The molecule has 6 nitrogen and oxygen atoms in total. The van der Waals surface area contributed by atoms with Crippen LogP contribution in [-0.4, -0.2) is 36.1 Å². The van der Waals surface area contributed by atoms with Crippen LogP contribution in [0.5, 0.6) is 11.5 Å². The van der Waals surface area contributed by atoms with Crippen molar-refractivity contribution in [2.75, 3.05) is 20.3 Å². The highest BCUT2D eigenvalue weighted by molar-refractivity contribution is 5.97. The fourth-order valence-corrected chi connectivity index (χ4v) is 2.21.